The van der Waals surface area contributed by atoms with Gasteiger partial charge < -0.3 is 10.2 Å². The molecule has 0 radical (unpaired) electrons. The average molecular weight is 405 g/mol. The summed E-state index contributed by atoms with van der Waals surface area (Å²) in [5.41, 5.74) is 2.11. The molecule has 6 heteroatoms. The Morgan fingerprint density at radius 1 is 1.04 bits per heavy atom. The second-order valence-corrected chi connectivity index (χ2v) is 8.69. The summed E-state index contributed by atoms with van der Waals surface area (Å²) in [5.74, 6) is -0.429. The Bertz CT molecular complexity index is 870. The maximum atomic E-state index is 13.2. The van der Waals surface area contributed by atoms with Gasteiger partial charge in [0.2, 0.25) is 5.91 Å². The van der Waals surface area contributed by atoms with Gasteiger partial charge in [0.15, 0.2) is 0 Å². The second-order valence-electron chi connectivity index (χ2n) is 7.82. The summed E-state index contributed by atoms with van der Waals surface area (Å²) < 4.78 is 0. The number of hydrogen-bond acceptors (Lipinski definition) is 2. The van der Waals surface area contributed by atoms with Crippen molar-refractivity contribution in [3.8, 4) is 0 Å². The van der Waals surface area contributed by atoms with Gasteiger partial charge in [0.05, 0.1) is 0 Å². The van der Waals surface area contributed by atoms with E-state index >= 15 is 0 Å². The molecule has 0 spiro atoms. The minimum atomic E-state index is -0.593. The monoisotopic (exact) mass is 404 g/mol. The molecular weight excluding hydrogens is 383 g/mol. The molecule has 1 aliphatic rings. The van der Waals surface area contributed by atoms with Crippen molar-refractivity contribution in [3.05, 3.63) is 69.2 Å². The summed E-state index contributed by atoms with van der Waals surface area (Å²) in [7, 11) is 0. The van der Waals surface area contributed by atoms with Crippen molar-refractivity contribution in [3.63, 3.8) is 0 Å². The molecule has 0 bridgehead atoms. The molecule has 2 aromatic rings. The van der Waals surface area contributed by atoms with Gasteiger partial charge in [0.1, 0.15) is 6.04 Å². The van der Waals surface area contributed by atoms with Crippen molar-refractivity contribution in [2.75, 3.05) is 0 Å². The lowest BCUT2D eigenvalue weighted by Gasteiger charge is -2.37. The maximum absolute atomic E-state index is 13.2. The summed E-state index contributed by atoms with van der Waals surface area (Å²) in [6.45, 7) is 6.13. The lowest BCUT2D eigenvalue weighted by atomic mass is 9.92. The number of rotatable bonds is 2. The minimum absolute atomic E-state index is 0.168. The number of carbonyl (C=O) groups is 2. The van der Waals surface area contributed by atoms with Crippen molar-refractivity contribution >= 4 is 35.0 Å². The van der Waals surface area contributed by atoms with Crippen LogP contribution in [0.5, 0.6) is 0 Å². The molecule has 1 aliphatic heterocycles. The van der Waals surface area contributed by atoms with E-state index in [1.807, 2.05) is 45.0 Å². The third kappa shape index (κ3) is 4.63. The zero-order chi connectivity index (χ0) is 19.8. The van der Waals surface area contributed by atoms with Gasteiger partial charge in [-0.25, -0.2) is 0 Å². The molecule has 0 fully saturated rings. The third-order valence-corrected chi connectivity index (χ3v) is 4.86. The number of carbonyl (C=O) groups excluding carboxylic acids is 2. The third-order valence-electron chi connectivity index (χ3n) is 4.42. The van der Waals surface area contributed by atoms with Crippen LogP contribution in [0.25, 0.3) is 0 Å². The Kier molecular flexibility index (Phi) is 5.50. The molecule has 1 atom stereocenters. The maximum Gasteiger partial charge on any atom is 0.254 e. The predicted molar refractivity (Wildman–Crippen MR) is 108 cm³/mol. The fourth-order valence-corrected chi connectivity index (χ4v) is 3.79. The molecule has 0 aliphatic carbocycles. The highest BCUT2D eigenvalue weighted by atomic mass is 35.5. The van der Waals surface area contributed by atoms with E-state index in [9.17, 15) is 9.59 Å². The van der Waals surface area contributed by atoms with Crippen molar-refractivity contribution in [1.29, 1.82) is 0 Å². The standard InChI is InChI=1S/C21H22Cl2N2O2/c1-21(2,3)24-19(26)18-10-13-6-4-5-7-14(13)12-25(18)20(27)15-8-16(22)11-17(23)9-15/h4-9,11,18H,10,12H2,1-3H3,(H,24,26)/t18-/m1/s1. The Hall–Kier alpha value is -2.04. The van der Waals surface area contributed by atoms with E-state index in [0.29, 0.717) is 28.6 Å². The van der Waals surface area contributed by atoms with E-state index in [-0.39, 0.29) is 17.4 Å². The van der Waals surface area contributed by atoms with Gasteiger partial charge in [0.25, 0.3) is 5.91 Å². The highest BCUT2D eigenvalue weighted by Crippen LogP contribution is 2.27. The van der Waals surface area contributed by atoms with Gasteiger partial charge in [0, 0.05) is 34.1 Å². The van der Waals surface area contributed by atoms with E-state index in [1.165, 1.54) is 0 Å². The number of halogens is 2. The summed E-state index contributed by atoms with van der Waals surface area (Å²) in [4.78, 5) is 27.8. The van der Waals surface area contributed by atoms with Crippen LogP contribution in [0.15, 0.2) is 42.5 Å². The molecule has 0 saturated heterocycles. The van der Waals surface area contributed by atoms with Crippen molar-refractivity contribution in [2.45, 2.75) is 45.3 Å². The number of nitrogens with one attached hydrogen (secondary N) is 1. The molecule has 1 heterocycles. The van der Waals surface area contributed by atoms with Crippen LogP contribution in [0, 0.1) is 0 Å². The van der Waals surface area contributed by atoms with Crippen LogP contribution in [0.4, 0.5) is 0 Å². The number of amides is 2. The Morgan fingerprint density at radius 2 is 1.63 bits per heavy atom. The topological polar surface area (TPSA) is 49.4 Å². The van der Waals surface area contributed by atoms with E-state index in [1.54, 1.807) is 23.1 Å². The summed E-state index contributed by atoms with van der Waals surface area (Å²) in [6, 6.07) is 12.0. The molecule has 0 saturated carbocycles. The first kappa shape index (κ1) is 19.7. The zero-order valence-corrected chi connectivity index (χ0v) is 17.1. The molecule has 2 amide bonds. The Morgan fingerprint density at radius 3 is 2.22 bits per heavy atom. The fraction of sp³-hybridized carbons (Fsp3) is 0.333. The first-order valence-corrected chi connectivity index (χ1v) is 9.55. The molecule has 2 aromatic carbocycles. The van der Waals surface area contributed by atoms with E-state index in [4.69, 9.17) is 23.2 Å². The zero-order valence-electron chi connectivity index (χ0n) is 15.6. The number of benzene rings is 2. The second kappa shape index (κ2) is 7.53. The van der Waals surface area contributed by atoms with Crippen LogP contribution in [-0.2, 0) is 17.8 Å². The fourth-order valence-electron chi connectivity index (χ4n) is 3.27. The predicted octanol–water partition coefficient (Wildman–Crippen LogP) is 4.48. The molecule has 0 unspecified atom stereocenters. The first-order chi connectivity index (χ1) is 12.6. The molecule has 0 aromatic heterocycles. The van der Waals surface area contributed by atoms with Gasteiger partial charge in [-0.15, -0.1) is 0 Å². The van der Waals surface area contributed by atoms with Crippen LogP contribution in [0.3, 0.4) is 0 Å². The van der Waals surface area contributed by atoms with Crippen LogP contribution in [0.2, 0.25) is 10.0 Å². The summed E-state index contributed by atoms with van der Waals surface area (Å²) in [6.07, 6.45) is 0.470. The lowest BCUT2D eigenvalue weighted by molar-refractivity contribution is -0.127. The normalized spacial score (nSPS) is 16.6. The average Bonchev–Trinajstić information content (AvgIpc) is 2.57. The van der Waals surface area contributed by atoms with E-state index < -0.39 is 6.04 Å². The molecule has 4 nitrogen and oxygen atoms in total. The van der Waals surface area contributed by atoms with Crippen LogP contribution >= 0.6 is 23.2 Å². The van der Waals surface area contributed by atoms with Gasteiger partial charge >= 0.3 is 0 Å². The van der Waals surface area contributed by atoms with E-state index in [2.05, 4.69) is 5.32 Å². The smallest absolute Gasteiger partial charge is 0.254 e. The van der Waals surface area contributed by atoms with Crippen LogP contribution in [0.1, 0.15) is 42.3 Å². The molecule has 3 rings (SSSR count). The first-order valence-electron chi connectivity index (χ1n) is 8.80. The summed E-state index contributed by atoms with van der Waals surface area (Å²) in [5, 5.41) is 3.77. The number of hydrogen-bond donors (Lipinski definition) is 1. The quantitative estimate of drug-likeness (QED) is 0.801. The van der Waals surface area contributed by atoms with E-state index in [0.717, 1.165) is 11.1 Å². The lowest BCUT2D eigenvalue weighted by Crippen LogP contribution is -2.56. The van der Waals surface area contributed by atoms with Crippen LogP contribution < -0.4 is 5.32 Å². The SMILES string of the molecule is CC(C)(C)NC(=O)[C@H]1Cc2ccccc2CN1C(=O)c1cc(Cl)cc(Cl)c1. The molecule has 1 N–H and O–H groups in total. The van der Waals surface area contributed by atoms with Crippen molar-refractivity contribution < 1.29 is 9.59 Å². The highest BCUT2D eigenvalue weighted by molar-refractivity contribution is 6.35. The molecular formula is C21H22Cl2N2O2. The van der Waals surface area contributed by atoms with Gasteiger partial charge in [-0.05, 0) is 50.1 Å². The van der Waals surface area contributed by atoms with Gasteiger partial charge in [-0.3, -0.25) is 9.59 Å². The van der Waals surface area contributed by atoms with Gasteiger partial charge in [-0.2, -0.15) is 0 Å². The van der Waals surface area contributed by atoms with Crippen molar-refractivity contribution in [1.82, 2.24) is 10.2 Å². The van der Waals surface area contributed by atoms with Crippen molar-refractivity contribution in [2.24, 2.45) is 0 Å². The molecule has 142 valence electrons. The number of fused-ring (bicyclic) bond motifs is 1. The number of nitrogens with zero attached hydrogens (tertiary/aromatic N) is 1. The summed E-state index contributed by atoms with van der Waals surface area (Å²) >= 11 is 12.1. The highest BCUT2D eigenvalue weighted by Gasteiger charge is 2.36. The Balaban J connectivity index is 1.98. The Labute approximate surface area is 169 Å². The molecule has 27 heavy (non-hydrogen) atoms. The largest absolute Gasteiger partial charge is 0.350 e. The van der Waals surface area contributed by atoms with Crippen LogP contribution in [-0.4, -0.2) is 28.3 Å². The van der Waals surface area contributed by atoms with Gasteiger partial charge in [-0.1, -0.05) is 47.5 Å². The minimum Gasteiger partial charge on any atom is -0.350 e.